The van der Waals surface area contributed by atoms with Gasteiger partial charge in [-0.1, -0.05) is 42.5 Å². The van der Waals surface area contributed by atoms with E-state index in [-0.39, 0.29) is 6.61 Å². The van der Waals surface area contributed by atoms with Crippen molar-refractivity contribution in [3.63, 3.8) is 0 Å². The zero-order chi connectivity index (χ0) is 19.6. The summed E-state index contributed by atoms with van der Waals surface area (Å²) in [4.78, 5) is 2.52. The lowest BCUT2D eigenvalue weighted by Crippen LogP contribution is -2.34. The van der Waals surface area contributed by atoms with Crippen molar-refractivity contribution in [3.05, 3.63) is 71.9 Å². The molecule has 148 valence electrons. The van der Waals surface area contributed by atoms with E-state index in [0.29, 0.717) is 6.04 Å². The van der Waals surface area contributed by atoms with Crippen molar-refractivity contribution >= 4 is 21.0 Å². The molecule has 0 amide bonds. The van der Waals surface area contributed by atoms with E-state index in [2.05, 4.69) is 58.1 Å². The van der Waals surface area contributed by atoms with Gasteiger partial charge in [0.05, 0.1) is 12.9 Å². The fourth-order valence-corrected chi connectivity index (χ4v) is 4.33. The Hall–Kier alpha value is -2.15. The van der Waals surface area contributed by atoms with Crippen molar-refractivity contribution in [2.75, 3.05) is 19.3 Å². The van der Waals surface area contributed by atoms with Crippen LogP contribution in [0.1, 0.15) is 30.0 Å². The SMILES string of the molecule is CS(=O)(=O)OCc1ccc2ccn(C3CCN(Cc4ccccc4)CC3)c2c1. The molecule has 5 nitrogen and oxygen atoms in total. The number of likely N-dealkylation sites (tertiary alicyclic amines) is 1. The Morgan fingerprint density at radius 2 is 1.75 bits per heavy atom. The third-order valence-corrected chi connectivity index (χ3v) is 5.97. The van der Waals surface area contributed by atoms with Crippen LogP contribution < -0.4 is 0 Å². The van der Waals surface area contributed by atoms with E-state index in [1.54, 1.807) is 0 Å². The van der Waals surface area contributed by atoms with Crippen LogP contribution in [0.25, 0.3) is 10.9 Å². The van der Waals surface area contributed by atoms with Gasteiger partial charge in [0.25, 0.3) is 10.1 Å². The van der Waals surface area contributed by atoms with Gasteiger partial charge in [-0.25, -0.2) is 0 Å². The quantitative estimate of drug-likeness (QED) is 0.590. The molecule has 0 unspecified atom stereocenters. The van der Waals surface area contributed by atoms with Gasteiger partial charge in [-0.3, -0.25) is 9.08 Å². The molecule has 6 heteroatoms. The summed E-state index contributed by atoms with van der Waals surface area (Å²) < 4.78 is 29.8. The van der Waals surface area contributed by atoms with E-state index < -0.39 is 10.1 Å². The van der Waals surface area contributed by atoms with E-state index >= 15 is 0 Å². The van der Waals surface area contributed by atoms with Gasteiger partial charge in [0, 0.05) is 37.4 Å². The van der Waals surface area contributed by atoms with Crippen LogP contribution in [0, 0.1) is 0 Å². The van der Waals surface area contributed by atoms with Gasteiger partial charge in [-0.2, -0.15) is 8.42 Å². The van der Waals surface area contributed by atoms with Crippen LogP contribution in [0.3, 0.4) is 0 Å². The number of rotatable bonds is 6. The van der Waals surface area contributed by atoms with Crippen LogP contribution >= 0.6 is 0 Å². The molecule has 1 saturated heterocycles. The summed E-state index contributed by atoms with van der Waals surface area (Å²) in [5.41, 5.74) is 3.39. The number of benzene rings is 2. The number of nitrogens with zero attached hydrogens (tertiary/aromatic N) is 2. The van der Waals surface area contributed by atoms with Gasteiger partial charge in [-0.05, 0) is 41.5 Å². The second-order valence-electron chi connectivity index (χ2n) is 7.58. The largest absolute Gasteiger partial charge is 0.344 e. The Labute approximate surface area is 166 Å². The predicted molar refractivity (Wildman–Crippen MR) is 112 cm³/mol. The maximum Gasteiger partial charge on any atom is 0.264 e. The van der Waals surface area contributed by atoms with E-state index in [9.17, 15) is 8.42 Å². The van der Waals surface area contributed by atoms with Crippen molar-refractivity contribution < 1.29 is 12.6 Å². The summed E-state index contributed by atoms with van der Waals surface area (Å²) in [7, 11) is -3.44. The zero-order valence-corrected chi connectivity index (χ0v) is 16.9. The average Bonchev–Trinajstić information content (AvgIpc) is 3.10. The molecule has 1 aromatic heterocycles. The maximum absolute atomic E-state index is 11.3. The first-order valence-corrected chi connectivity index (χ1v) is 11.5. The summed E-state index contributed by atoms with van der Waals surface area (Å²) in [6.07, 6.45) is 5.46. The average molecular weight is 399 g/mol. The monoisotopic (exact) mass is 398 g/mol. The van der Waals surface area contributed by atoms with Crippen LogP contribution in [-0.4, -0.2) is 37.2 Å². The number of aromatic nitrogens is 1. The smallest absolute Gasteiger partial charge is 0.264 e. The minimum Gasteiger partial charge on any atom is -0.344 e. The summed E-state index contributed by atoms with van der Waals surface area (Å²) in [5, 5.41) is 1.18. The highest BCUT2D eigenvalue weighted by Gasteiger charge is 2.21. The highest BCUT2D eigenvalue weighted by atomic mass is 32.2. The molecule has 2 heterocycles. The zero-order valence-electron chi connectivity index (χ0n) is 16.1. The molecule has 4 rings (SSSR count). The lowest BCUT2D eigenvalue weighted by atomic mass is 10.0. The minimum atomic E-state index is -3.44. The second-order valence-corrected chi connectivity index (χ2v) is 9.22. The Morgan fingerprint density at radius 3 is 2.46 bits per heavy atom. The molecule has 0 radical (unpaired) electrons. The third kappa shape index (κ3) is 4.63. The van der Waals surface area contributed by atoms with Gasteiger partial charge in [0.15, 0.2) is 0 Å². The summed E-state index contributed by atoms with van der Waals surface area (Å²) in [5.74, 6) is 0. The molecule has 1 aliphatic heterocycles. The highest BCUT2D eigenvalue weighted by Crippen LogP contribution is 2.29. The summed E-state index contributed by atoms with van der Waals surface area (Å²) in [6.45, 7) is 3.24. The molecule has 1 aliphatic rings. The highest BCUT2D eigenvalue weighted by molar-refractivity contribution is 7.85. The van der Waals surface area contributed by atoms with Crippen LogP contribution in [0.15, 0.2) is 60.8 Å². The lowest BCUT2D eigenvalue weighted by molar-refractivity contribution is 0.181. The number of hydrogen-bond donors (Lipinski definition) is 0. The van der Waals surface area contributed by atoms with Gasteiger partial charge in [0.1, 0.15) is 0 Å². The molecule has 0 saturated carbocycles. The molecular weight excluding hydrogens is 372 g/mol. The maximum atomic E-state index is 11.3. The molecule has 1 fully saturated rings. The van der Waals surface area contributed by atoms with E-state index in [4.69, 9.17) is 4.18 Å². The first-order valence-electron chi connectivity index (χ1n) is 9.68. The summed E-state index contributed by atoms with van der Waals surface area (Å²) >= 11 is 0. The van der Waals surface area contributed by atoms with Crippen molar-refractivity contribution in [1.29, 1.82) is 0 Å². The fourth-order valence-electron chi connectivity index (χ4n) is 3.98. The molecule has 0 spiro atoms. The van der Waals surface area contributed by atoms with Crippen molar-refractivity contribution in [1.82, 2.24) is 9.47 Å². The second kappa shape index (κ2) is 8.07. The predicted octanol–water partition coefficient (Wildman–Crippen LogP) is 3.95. The fraction of sp³-hybridized carbons (Fsp3) is 0.364. The first kappa shape index (κ1) is 19.2. The minimum absolute atomic E-state index is 0.0788. The Balaban J connectivity index is 1.44. The van der Waals surface area contributed by atoms with Gasteiger partial charge < -0.3 is 4.57 Å². The molecule has 0 aliphatic carbocycles. The van der Waals surface area contributed by atoms with E-state index in [1.807, 2.05) is 12.1 Å². The van der Waals surface area contributed by atoms with Crippen molar-refractivity contribution in [3.8, 4) is 0 Å². The lowest BCUT2D eigenvalue weighted by Gasteiger charge is -2.33. The number of piperidine rings is 1. The van der Waals surface area contributed by atoms with Crippen LogP contribution in [0.5, 0.6) is 0 Å². The first-order chi connectivity index (χ1) is 13.5. The Kier molecular flexibility index (Phi) is 5.53. The molecule has 0 N–H and O–H groups in total. The normalized spacial score (nSPS) is 16.6. The molecule has 0 bridgehead atoms. The van der Waals surface area contributed by atoms with Crippen LogP contribution in [0.4, 0.5) is 0 Å². The standard InChI is InChI=1S/C22H26N2O3S/c1-28(25,26)27-17-19-7-8-20-9-14-24(22(20)15-19)21-10-12-23(13-11-21)16-18-5-3-2-4-6-18/h2-9,14-15,21H,10-13,16-17H2,1H3. The molecular formula is C22H26N2O3S. The summed E-state index contributed by atoms with van der Waals surface area (Å²) in [6, 6.07) is 19.2. The van der Waals surface area contributed by atoms with Gasteiger partial charge >= 0.3 is 0 Å². The van der Waals surface area contributed by atoms with Crippen LogP contribution in [-0.2, 0) is 27.5 Å². The van der Waals surface area contributed by atoms with Crippen LogP contribution in [0.2, 0.25) is 0 Å². The third-order valence-electron chi connectivity index (χ3n) is 5.43. The number of fused-ring (bicyclic) bond motifs is 1. The Bertz CT molecular complexity index is 1040. The van der Waals surface area contributed by atoms with Crippen molar-refractivity contribution in [2.24, 2.45) is 0 Å². The van der Waals surface area contributed by atoms with Gasteiger partial charge in [0.2, 0.25) is 0 Å². The molecule has 0 atom stereocenters. The van der Waals surface area contributed by atoms with Gasteiger partial charge in [-0.15, -0.1) is 0 Å². The molecule has 28 heavy (non-hydrogen) atoms. The topological polar surface area (TPSA) is 51.5 Å². The Morgan fingerprint density at radius 1 is 1.00 bits per heavy atom. The van der Waals surface area contributed by atoms with E-state index in [0.717, 1.165) is 49.8 Å². The number of hydrogen-bond acceptors (Lipinski definition) is 4. The molecule has 2 aromatic carbocycles. The van der Waals surface area contributed by atoms with E-state index in [1.165, 1.54) is 10.9 Å². The molecule has 3 aromatic rings. The van der Waals surface area contributed by atoms with Crippen molar-refractivity contribution in [2.45, 2.75) is 32.0 Å².